The fourth-order valence-electron chi connectivity index (χ4n) is 0.824. The van der Waals surface area contributed by atoms with Gasteiger partial charge in [-0.2, -0.15) is 16.8 Å². The van der Waals surface area contributed by atoms with Gasteiger partial charge in [-0.15, -0.1) is 0 Å². The van der Waals surface area contributed by atoms with Crippen molar-refractivity contribution in [3.63, 3.8) is 0 Å². The lowest BCUT2D eigenvalue weighted by molar-refractivity contribution is 0.239. The molecule has 0 saturated heterocycles. The fraction of sp³-hybridized carbons (Fsp3) is 0.500. The minimum atomic E-state index is -5.73. The summed E-state index contributed by atoms with van der Waals surface area (Å²) in [4.78, 5) is 0. The van der Waals surface area contributed by atoms with Gasteiger partial charge in [0.15, 0.2) is 0 Å². The maximum absolute atomic E-state index is 12.3. The molecule has 0 aromatic carbocycles. The van der Waals surface area contributed by atoms with Gasteiger partial charge >= 0.3 is 18.5 Å². The van der Waals surface area contributed by atoms with Crippen LogP contribution in [0.1, 0.15) is 0 Å². The van der Waals surface area contributed by atoms with Crippen LogP contribution in [0, 0.1) is 0 Å². The molecule has 0 saturated carbocycles. The topological polar surface area (TPSA) is 164 Å². The fourth-order valence-corrected chi connectivity index (χ4v) is 3.43. The van der Waals surface area contributed by atoms with Gasteiger partial charge < -0.3 is 14.2 Å². The third kappa shape index (κ3) is 8.98. The molecule has 0 radical (unpaired) electrons. The van der Waals surface area contributed by atoms with Crippen molar-refractivity contribution in [3.05, 3.63) is 25.0 Å². The number of hydrogen-bond donors (Lipinski definition) is 0. The van der Waals surface area contributed by atoms with Crippen molar-refractivity contribution < 1.29 is 55.7 Å². The monoisotopic (exact) mass is 450 g/mol. The van der Waals surface area contributed by atoms with E-state index in [9.17, 15) is 41.4 Å². The summed E-state index contributed by atoms with van der Waals surface area (Å²) < 4.78 is 122. The van der Waals surface area contributed by atoms with Crippen LogP contribution in [-0.4, -0.2) is 58.4 Å². The molecule has 17 heteroatoms. The van der Waals surface area contributed by atoms with Gasteiger partial charge in [-0.3, -0.25) is 0 Å². The maximum Gasteiger partial charge on any atom is 0.410 e. The summed E-state index contributed by atoms with van der Waals surface area (Å²) in [6, 6.07) is 0. The zero-order valence-electron chi connectivity index (χ0n) is 12.0. The summed E-state index contributed by atoms with van der Waals surface area (Å²) in [6.07, 6.45) is 3.20. The first-order chi connectivity index (χ1) is 11.2. The standard InChI is InChI=1S/C8H12F2O11S4/c9-24(15,16)22(11,12)7-5-20-3-1-19-2-4-21-6-8-23(13,14)25(10,17)18/h1-4H,5-8H2. The van der Waals surface area contributed by atoms with Crippen LogP contribution in [0.3, 0.4) is 0 Å². The maximum atomic E-state index is 12.3. The van der Waals surface area contributed by atoms with Crippen molar-refractivity contribution in [3.8, 4) is 0 Å². The average Bonchev–Trinajstić information content (AvgIpc) is 2.42. The molecule has 11 nitrogen and oxygen atoms in total. The van der Waals surface area contributed by atoms with Crippen molar-refractivity contribution in [1.29, 1.82) is 0 Å². The van der Waals surface area contributed by atoms with Gasteiger partial charge in [0.2, 0.25) is 0 Å². The predicted octanol–water partition coefficient (Wildman–Crippen LogP) is -0.763. The van der Waals surface area contributed by atoms with Gasteiger partial charge in [0.25, 0.3) is 17.7 Å². The van der Waals surface area contributed by atoms with Gasteiger partial charge in [0, 0.05) is 0 Å². The van der Waals surface area contributed by atoms with Crippen molar-refractivity contribution in [2.75, 3.05) is 24.7 Å². The van der Waals surface area contributed by atoms with Gasteiger partial charge in [0.1, 0.15) is 49.8 Å². The molecule has 0 N–H and O–H groups in total. The molecule has 0 aromatic rings. The lowest BCUT2D eigenvalue weighted by Gasteiger charge is -2.00. The highest BCUT2D eigenvalue weighted by molar-refractivity contribution is 8.65. The van der Waals surface area contributed by atoms with Crippen LogP contribution >= 0.6 is 0 Å². The highest BCUT2D eigenvalue weighted by Crippen LogP contribution is 2.06. The van der Waals surface area contributed by atoms with E-state index in [0.29, 0.717) is 0 Å². The van der Waals surface area contributed by atoms with Crippen molar-refractivity contribution in [2.24, 2.45) is 0 Å². The lowest BCUT2D eigenvalue weighted by Crippen LogP contribution is -2.17. The molecule has 0 amide bonds. The van der Waals surface area contributed by atoms with Crippen LogP contribution in [0.5, 0.6) is 0 Å². The molecule has 148 valence electrons. The van der Waals surface area contributed by atoms with Crippen LogP contribution < -0.4 is 0 Å². The number of rotatable bonds is 12. The Balaban J connectivity index is 3.99. The van der Waals surface area contributed by atoms with Gasteiger partial charge in [-0.05, 0) is 0 Å². The predicted molar refractivity (Wildman–Crippen MR) is 78.9 cm³/mol. The first-order valence-corrected chi connectivity index (χ1v) is 12.8. The first-order valence-electron chi connectivity index (χ1n) is 5.74. The number of hydrogen-bond acceptors (Lipinski definition) is 11. The van der Waals surface area contributed by atoms with Crippen LogP contribution in [0.2, 0.25) is 0 Å². The summed E-state index contributed by atoms with van der Waals surface area (Å²) in [5.74, 6) is -2.25. The van der Waals surface area contributed by atoms with E-state index in [2.05, 4.69) is 14.2 Å². The first kappa shape index (κ1) is 23.5. The van der Waals surface area contributed by atoms with Crippen LogP contribution in [-0.2, 0) is 50.5 Å². The smallest absolute Gasteiger partial charge is 0.410 e. The Morgan fingerprint density at radius 1 is 0.600 bits per heavy atom. The molecule has 0 heterocycles. The van der Waals surface area contributed by atoms with Gasteiger partial charge in [0.05, 0.1) is 0 Å². The molecule has 25 heavy (non-hydrogen) atoms. The summed E-state index contributed by atoms with van der Waals surface area (Å²) in [7, 11) is -21.4. The summed E-state index contributed by atoms with van der Waals surface area (Å²) in [5.41, 5.74) is 0. The molecular formula is C8H12F2O11S4. The molecule has 0 aromatic heterocycles. The summed E-state index contributed by atoms with van der Waals surface area (Å²) in [5, 5.41) is 0. The molecule has 0 rings (SSSR count). The van der Waals surface area contributed by atoms with E-state index in [1.54, 1.807) is 0 Å². The molecule has 0 aliphatic rings. The number of halogens is 2. The van der Waals surface area contributed by atoms with E-state index < -0.39 is 61.0 Å². The third-order valence-corrected chi connectivity index (χ3v) is 9.16. The van der Waals surface area contributed by atoms with Crippen LogP contribution in [0.25, 0.3) is 0 Å². The minimum Gasteiger partial charge on any atom is -0.497 e. The Hall–Kier alpha value is -1.46. The molecule has 0 aliphatic carbocycles. The Morgan fingerprint density at radius 3 is 1.20 bits per heavy atom. The molecule has 0 bridgehead atoms. The molecule has 0 fully saturated rings. The molecule has 0 atom stereocenters. The number of ether oxygens (including phenoxy) is 3. The summed E-state index contributed by atoms with van der Waals surface area (Å²) >= 11 is 0. The Bertz CT molecular complexity index is 821. The minimum absolute atomic E-state index is 0.679. The second-order valence-electron chi connectivity index (χ2n) is 3.73. The van der Waals surface area contributed by atoms with Crippen molar-refractivity contribution in [2.45, 2.75) is 0 Å². The second kappa shape index (κ2) is 9.30. The second-order valence-corrected chi connectivity index (χ2v) is 13.8. The molecule has 0 unspecified atom stereocenters. The van der Waals surface area contributed by atoms with E-state index in [4.69, 9.17) is 0 Å². The average molecular weight is 450 g/mol. The quantitative estimate of drug-likeness (QED) is 0.159. The van der Waals surface area contributed by atoms with E-state index in [0.717, 1.165) is 25.0 Å². The van der Waals surface area contributed by atoms with Crippen molar-refractivity contribution >= 4 is 36.2 Å². The highest BCUT2D eigenvalue weighted by atomic mass is 33.2. The Labute approximate surface area is 141 Å². The normalized spacial score (nSPS) is 14.0. The zero-order chi connectivity index (χ0) is 19.8. The summed E-state index contributed by atoms with van der Waals surface area (Å²) in [6.45, 7) is -1.36. The van der Waals surface area contributed by atoms with Crippen molar-refractivity contribution in [1.82, 2.24) is 0 Å². The van der Waals surface area contributed by atoms with E-state index in [1.165, 1.54) is 0 Å². The lowest BCUT2D eigenvalue weighted by atomic mass is 10.8. The Kier molecular flexibility index (Phi) is 8.75. The van der Waals surface area contributed by atoms with Gasteiger partial charge in [-0.25, -0.2) is 16.8 Å². The molecular weight excluding hydrogens is 438 g/mol. The van der Waals surface area contributed by atoms with E-state index in [-0.39, 0.29) is 0 Å². The molecule has 0 aliphatic heterocycles. The van der Waals surface area contributed by atoms with Crippen LogP contribution in [0.4, 0.5) is 7.77 Å². The van der Waals surface area contributed by atoms with Gasteiger partial charge in [-0.1, -0.05) is 7.77 Å². The third-order valence-electron chi connectivity index (χ3n) is 1.97. The van der Waals surface area contributed by atoms with Crippen LogP contribution in [0.15, 0.2) is 25.0 Å². The zero-order valence-corrected chi connectivity index (χ0v) is 15.3. The van der Waals surface area contributed by atoms with E-state index >= 15 is 0 Å². The van der Waals surface area contributed by atoms with E-state index in [1.807, 2.05) is 0 Å². The SMILES string of the molecule is O=S(=O)(F)S(=O)(=O)CCOC=COC=COCCS(=O)(=O)S(=O)(=O)F. The highest BCUT2D eigenvalue weighted by Gasteiger charge is 2.29. The Morgan fingerprint density at radius 2 is 0.920 bits per heavy atom. The molecule has 0 spiro atoms. The largest absolute Gasteiger partial charge is 0.497 e.